The Kier molecular flexibility index (Phi) is 12.1. The number of hydrogen-bond acceptors (Lipinski definition) is 4. The summed E-state index contributed by atoms with van der Waals surface area (Å²) in [6, 6.07) is 73.1. The normalized spacial score (nSPS) is 14.1. The summed E-state index contributed by atoms with van der Waals surface area (Å²) >= 11 is 0. The second kappa shape index (κ2) is 18.9. The van der Waals surface area contributed by atoms with Crippen LogP contribution in [0.4, 0.5) is 34.1 Å². The molecule has 4 heteroatoms. The van der Waals surface area contributed by atoms with E-state index in [-0.39, 0.29) is 21.7 Å². The van der Waals surface area contributed by atoms with Crippen LogP contribution in [-0.4, -0.2) is 0 Å². The quantitative estimate of drug-likeness (QED) is 0.152. The minimum atomic E-state index is -0.865. The first-order chi connectivity index (χ1) is 38.7. The monoisotopic (exact) mass is 1060 g/mol. The number of rotatable bonds is 8. The van der Waals surface area contributed by atoms with Gasteiger partial charge in [-0.3, -0.25) is 0 Å². The van der Waals surface area contributed by atoms with Gasteiger partial charge in [-0.2, -0.15) is 0 Å². The Hall–Kier alpha value is -8.34. The van der Waals surface area contributed by atoms with Gasteiger partial charge in [0.2, 0.25) is 0 Å². The number of anilines is 6. The van der Waals surface area contributed by atoms with Gasteiger partial charge in [0.05, 0.1) is 16.8 Å². The average molecular weight is 1060 g/mol. The molecule has 81 heavy (non-hydrogen) atoms. The van der Waals surface area contributed by atoms with Gasteiger partial charge in [0.1, 0.15) is 16.9 Å². The molecule has 0 atom stereocenters. The van der Waals surface area contributed by atoms with E-state index in [1.165, 1.54) is 44.5 Å². The first-order valence-electron chi connectivity index (χ1n) is 29.1. The maximum Gasteiger partial charge on any atom is 0.160 e. The van der Waals surface area contributed by atoms with Gasteiger partial charge in [0, 0.05) is 55.6 Å². The molecular weight excluding hydrogens is 985 g/mol. The summed E-state index contributed by atoms with van der Waals surface area (Å²) in [5.41, 5.74) is 21.2. The smallest absolute Gasteiger partial charge is 0.160 e. The molecule has 404 valence electrons. The number of fused-ring (bicyclic) bond motifs is 11. The van der Waals surface area contributed by atoms with Gasteiger partial charge in [-0.1, -0.05) is 217 Å². The van der Waals surface area contributed by atoms with Gasteiger partial charge in [0.25, 0.3) is 0 Å². The molecule has 2 aliphatic carbocycles. The van der Waals surface area contributed by atoms with Crippen molar-refractivity contribution in [3.63, 3.8) is 0 Å². The topological polar surface area (TPSA) is 32.8 Å². The highest BCUT2D eigenvalue weighted by Crippen LogP contribution is 2.64. The fourth-order valence-corrected chi connectivity index (χ4v) is 13.1. The zero-order valence-electron chi connectivity index (χ0n) is 49.3. The zero-order chi connectivity index (χ0) is 56.4. The molecule has 0 radical (unpaired) electrons. The van der Waals surface area contributed by atoms with E-state index in [0.717, 1.165) is 102 Å². The SMILES string of the molecule is CC(C)(C)c1ccc(N(c2ccc(C(C)(C)C)cc2)c2cc3c(c4c2oc2ccccc24)-c2c(cc(N(c4ccc(C(C)(C)C)cc4)c4ccc(C(C)(C)C)cc4)c4c5c(oc24)C=CCC5)C3(c2ccccc2)c2ccccc2)cc1. The molecule has 4 nitrogen and oxygen atoms in total. The Bertz CT molecular complexity index is 4050. The molecule has 2 heterocycles. The minimum Gasteiger partial charge on any atom is -0.456 e. The van der Waals surface area contributed by atoms with Crippen molar-refractivity contribution in [1.29, 1.82) is 0 Å². The Balaban J connectivity index is 1.21. The molecule has 0 fully saturated rings. The van der Waals surface area contributed by atoms with E-state index < -0.39 is 5.41 Å². The van der Waals surface area contributed by atoms with Crippen LogP contribution in [-0.2, 0) is 33.5 Å². The number of allylic oxidation sites excluding steroid dienone is 1. The number of aryl methyl sites for hydroxylation is 1. The molecule has 9 aromatic carbocycles. The highest BCUT2D eigenvalue weighted by Gasteiger charge is 2.51. The summed E-state index contributed by atoms with van der Waals surface area (Å²) in [5, 5.41) is 3.27. The lowest BCUT2D eigenvalue weighted by Gasteiger charge is -2.36. The summed E-state index contributed by atoms with van der Waals surface area (Å²) in [6.07, 6.45) is 6.28. The van der Waals surface area contributed by atoms with Gasteiger partial charge in [-0.15, -0.1) is 0 Å². The fourth-order valence-electron chi connectivity index (χ4n) is 13.1. The van der Waals surface area contributed by atoms with E-state index in [4.69, 9.17) is 8.83 Å². The van der Waals surface area contributed by atoms with E-state index in [9.17, 15) is 0 Å². The molecule has 0 bridgehead atoms. The molecule has 0 unspecified atom stereocenters. The molecule has 0 spiro atoms. The van der Waals surface area contributed by atoms with Crippen LogP contribution >= 0.6 is 0 Å². The van der Waals surface area contributed by atoms with E-state index in [1.807, 2.05) is 0 Å². The third-order valence-corrected chi connectivity index (χ3v) is 17.5. The lowest BCUT2D eigenvalue weighted by atomic mass is 9.67. The lowest BCUT2D eigenvalue weighted by molar-refractivity contribution is 0.590. The molecule has 0 aliphatic heterocycles. The Morgan fingerprint density at radius 2 is 0.802 bits per heavy atom. The van der Waals surface area contributed by atoms with Crippen LogP contribution in [0, 0.1) is 0 Å². The maximum atomic E-state index is 7.62. The van der Waals surface area contributed by atoms with E-state index >= 15 is 0 Å². The van der Waals surface area contributed by atoms with Gasteiger partial charge in [0.15, 0.2) is 5.58 Å². The zero-order valence-corrected chi connectivity index (χ0v) is 49.3. The van der Waals surface area contributed by atoms with Crippen molar-refractivity contribution in [2.45, 2.75) is 123 Å². The molecule has 0 amide bonds. The third-order valence-electron chi connectivity index (χ3n) is 17.5. The van der Waals surface area contributed by atoms with Crippen molar-refractivity contribution in [3.8, 4) is 11.1 Å². The Morgan fingerprint density at radius 1 is 0.395 bits per heavy atom. The molecule has 11 aromatic rings. The number of benzene rings is 9. The number of nitrogens with zero attached hydrogens (tertiary/aromatic N) is 2. The number of furan rings is 2. The van der Waals surface area contributed by atoms with Crippen molar-refractivity contribution in [2.24, 2.45) is 0 Å². The van der Waals surface area contributed by atoms with Gasteiger partial charge in [-0.05, 0) is 152 Å². The third kappa shape index (κ3) is 8.55. The van der Waals surface area contributed by atoms with Crippen LogP contribution in [0.15, 0.2) is 209 Å². The molecule has 2 aliphatic rings. The minimum absolute atomic E-state index is 0.0198. The lowest BCUT2D eigenvalue weighted by Crippen LogP contribution is -2.29. The highest BCUT2D eigenvalue weighted by atomic mass is 16.3. The Morgan fingerprint density at radius 3 is 1.26 bits per heavy atom. The van der Waals surface area contributed by atoms with E-state index in [0.29, 0.717) is 0 Å². The van der Waals surface area contributed by atoms with Crippen LogP contribution in [0.2, 0.25) is 0 Å². The van der Waals surface area contributed by atoms with Gasteiger partial charge in [-0.25, -0.2) is 0 Å². The predicted molar refractivity (Wildman–Crippen MR) is 342 cm³/mol. The average Bonchev–Trinajstić information content (AvgIpc) is 3.71. The molecule has 13 rings (SSSR count). The standard InChI is InChI=1S/C77H74N2O2/c1-73(2,3)49-31-39-55(40-32-49)78(56-41-33-50(34-42-56)74(4,5)6)63-47-62-70(72-67(63)59-27-19-21-29-65(59)81-72)69-61(77(62,53-23-15-13-16-24-53)54-25-17-14-18-26-54)48-64(71-68(69)60-28-20-22-30-66(60)80-71)79(57-43-35-51(36-44-57)75(7,8)9)58-45-37-52(38-46-58)76(10,11)12/h13-18,20-26,28-48H,19,27H2,1-12H3. The van der Waals surface area contributed by atoms with Crippen LogP contribution in [0.25, 0.3) is 50.1 Å². The van der Waals surface area contributed by atoms with Crippen molar-refractivity contribution >= 4 is 73.1 Å². The molecule has 0 N–H and O–H groups in total. The number of para-hydroxylation sites is 1. The fraction of sp³-hybridized carbons (Fsp3) is 0.247. The van der Waals surface area contributed by atoms with Crippen LogP contribution in [0.5, 0.6) is 0 Å². The summed E-state index contributed by atoms with van der Waals surface area (Å²) in [4.78, 5) is 4.95. The van der Waals surface area contributed by atoms with Crippen molar-refractivity contribution in [1.82, 2.24) is 0 Å². The summed E-state index contributed by atoms with van der Waals surface area (Å²) in [6.45, 7) is 27.5. The van der Waals surface area contributed by atoms with Crippen LogP contribution < -0.4 is 9.80 Å². The highest BCUT2D eigenvalue weighted by molar-refractivity contribution is 6.23. The molecule has 2 aromatic heterocycles. The molecule has 0 saturated carbocycles. The molecular formula is C77H74N2O2. The van der Waals surface area contributed by atoms with Gasteiger partial charge >= 0.3 is 0 Å². The van der Waals surface area contributed by atoms with Gasteiger partial charge < -0.3 is 18.6 Å². The van der Waals surface area contributed by atoms with Crippen molar-refractivity contribution in [2.75, 3.05) is 9.80 Å². The Labute approximate surface area is 479 Å². The second-order valence-corrected chi connectivity index (χ2v) is 26.9. The van der Waals surface area contributed by atoms with E-state index in [1.54, 1.807) is 0 Å². The summed E-state index contributed by atoms with van der Waals surface area (Å²) in [7, 11) is 0. The summed E-state index contributed by atoms with van der Waals surface area (Å²) < 4.78 is 15.1. The van der Waals surface area contributed by atoms with Crippen molar-refractivity contribution in [3.05, 3.63) is 256 Å². The maximum absolute atomic E-state index is 7.62. The van der Waals surface area contributed by atoms with Crippen molar-refractivity contribution < 1.29 is 8.83 Å². The van der Waals surface area contributed by atoms with Crippen LogP contribution in [0.1, 0.15) is 145 Å². The largest absolute Gasteiger partial charge is 0.456 e. The van der Waals surface area contributed by atoms with E-state index in [2.05, 4.69) is 299 Å². The predicted octanol–water partition coefficient (Wildman–Crippen LogP) is 21.8. The first kappa shape index (κ1) is 52.1. The molecule has 0 saturated heterocycles. The number of hydrogen-bond donors (Lipinski definition) is 0. The van der Waals surface area contributed by atoms with Crippen LogP contribution in [0.3, 0.4) is 0 Å². The first-order valence-corrected chi connectivity index (χ1v) is 29.1. The second-order valence-electron chi connectivity index (χ2n) is 26.9. The summed E-state index contributed by atoms with van der Waals surface area (Å²) in [5.74, 6) is 0.920.